The smallest absolute Gasteiger partial charge is 0.264 e. The van der Waals surface area contributed by atoms with Gasteiger partial charge in [-0.25, -0.2) is 9.50 Å². The summed E-state index contributed by atoms with van der Waals surface area (Å²) in [6, 6.07) is 19.4. The number of nitrogens with zero attached hydrogens (tertiary/aromatic N) is 6. The summed E-state index contributed by atoms with van der Waals surface area (Å²) in [6.07, 6.45) is 9.04. The summed E-state index contributed by atoms with van der Waals surface area (Å²) in [7, 11) is 1.86. The lowest BCUT2D eigenvalue weighted by atomic mass is 10.0. The predicted octanol–water partition coefficient (Wildman–Crippen LogP) is 3.51. The second-order valence-corrected chi connectivity index (χ2v) is 8.70. The summed E-state index contributed by atoms with van der Waals surface area (Å²) in [5, 5.41) is 9.59. The second-order valence-electron chi connectivity index (χ2n) is 8.70. The lowest BCUT2D eigenvalue weighted by molar-refractivity contribution is 0.100. The van der Waals surface area contributed by atoms with E-state index in [4.69, 9.17) is 5.73 Å². The highest BCUT2D eigenvalue weighted by Crippen LogP contribution is 2.19. The number of aryl methyl sites for hydroxylation is 2. The van der Waals surface area contributed by atoms with Crippen LogP contribution >= 0.6 is 0 Å². The summed E-state index contributed by atoms with van der Waals surface area (Å²) in [5.74, 6) is 5.75. The van der Waals surface area contributed by atoms with Crippen LogP contribution in [0.4, 0.5) is 0 Å². The highest BCUT2D eigenvalue weighted by Gasteiger charge is 2.12. The van der Waals surface area contributed by atoms with Gasteiger partial charge in [-0.3, -0.25) is 18.8 Å². The lowest BCUT2D eigenvalue weighted by Gasteiger charge is -2.14. The molecule has 6 rings (SSSR count). The number of benzene rings is 2. The summed E-state index contributed by atoms with van der Waals surface area (Å²) in [4.78, 5) is 28.2. The molecule has 0 radical (unpaired) electrons. The molecule has 9 nitrogen and oxygen atoms in total. The molecule has 1 amide bonds. The van der Waals surface area contributed by atoms with E-state index in [0.29, 0.717) is 16.6 Å². The summed E-state index contributed by atoms with van der Waals surface area (Å²) >= 11 is 0. The van der Waals surface area contributed by atoms with E-state index in [1.807, 2.05) is 61.8 Å². The van der Waals surface area contributed by atoms with Gasteiger partial charge in [-0.1, -0.05) is 49.1 Å². The summed E-state index contributed by atoms with van der Waals surface area (Å²) in [6.45, 7) is 2.06. The third-order valence-electron chi connectivity index (χ3n) is 6.09. The first-order chi connectivity index (χ1) is 19.0. The quantitative estimate of drug-likeness (QED) is 0.363. The first-order valence-electron chi connectivity index (χ1n) is 12.3. The van der Waals surface area contributed by atoms with Crippen LogP contribution < -0.4 is 11.3 Å². The van der Waals surface area contributed by atoms with Crippen molar-refractivity contribution < 1.29 is 4.79 Å². The van der Waals surface area contributed by atoms with Gasteiger partial charge in [-0.15, -0.1) is 0 Å². The molecule has 9 heteroatoms. The van der Waals surface area contributed by atoms with E-state index in [1.54, 1.807) is 33.9 Å². The van der Waals surface area contributed by atoms with Crippen LogP contribution in [0.15, 0.2) is 96.4 Å². The van der Waals surface area contributed by atoms with Gasteiger partial charge in [0.05, 0.1) is 23.3 Å². The molecule has 0 aliphatic heterocycles. The summed E-state index contributed by atoms with van der Waals surface area (Å²) in [5.41, 5.74) is 9.30. The first kappa shape index (κ1) is 25.2. The Bertz CT molecular complexity index is 1920. The highest BCUT2D eigenvalue weighted by atomic mass is 16.1. The number of hydrogen-bond donors (Lipinski definition) is 1. The maximum atomic E-state index is 13.4. The van der Waals surface area contributed by atoms with Crippen molar-refractivity contribution in [1.82, 2.24) is 28.9 Å². The third kappa shape index (κ3) is 5.17. The van der Waals surface area contributed by atoms with Crippen LogP contribution in [0.1, 0.15) is 34.1 Å². The minimum atomic E-state index is -0.510. The average molecular weight is 516 g/mol. The second kappa shape index (κ2) is 10.9. The molecule has 0 aliphatic carbocycles. The molecule has 0 saturated heterocycles. The van der Waals surface area contributed by atoms with Crippen molar-refractivity contribution in [1.29, 1.82) is 0 Å². The van der Waals surface area contributed by atoms with Gasteiger partial charge in [0.2, 0.25) is 0 Å². The SMILES string of the molecule is CCc1cc2cccc(C#Cc3cnn(C)c3)c2c(=O)n1-c1ccccc1.NC(=O)c1cnn2cccnc12. The zero-order chi connectivity index (χ0) is 27.4. The molecule has 0 atom stereocenters. The normalized spacial score (nSPS) is 10.5. The maximum absolute atomic E-state index is 13.4. The molecule has 4 aromatic heterocycles. The monoisotopic (exact) mass is 515 g/mol. The van der Waals surface area contributed by atoms with Crippen molar-refractivity contribution in [2.24, 2.45) is 12.8 Å². The molecular formula is C30H25N7O2. The molecule has 0 spiro atoms. The van der Waals surface area contributed by atoms with Crippen LogP contribution in [0.5, 0.6) is 0 Å². The average Bonchev–Trinajstić information content (AvgIpc) is 3.58. The maximum Gasteiger partial charge on any atom is 0.264 e. The Balaban J connectivity index is 0.000000214. The Kier molecular flexibility index (Phi) is 7.01. The van der Waals surface area contributed by atoms with Gasteiger partial charge < -0.3 is 5.73 Å². The van der Waals surface area contributed by atoms with Crippen LogP contribution in [0.2, 0.25) is 0 Å². The molecule has 0 bridgehead atoms. The Morgan fingerprint density at radius 3 is 2.54 bits per heavy atom. The number of fused-ring (bicyclic) bond motifs is 2. The first-order valence-corrected chi connectivity index (χ1v) is 12.3. The zero-order valence-electron chi connectivity index (χ0n) is 21.4. The predicted molar refractivity (Wildman–Crippen MR) is 150 cm³/mol. The standard InChI is InChI=1S/C23H19N3O.C7H6N4O/c1-3-20-14-19-9-7-8-18(13-12-17-15-24-25(2)16-17)22(19)23(27)26(20)21-10-5-4-6-11-21;8-6(12)5-4-10-11-3-1-2-9-7(5)11/h4-11,14-16H,3H2,1-2H3;1-4H,(H2,8,12). The number of primary amides is 1. The van der Waals surface area contributed by atoms with Crippen LogP contribution in [0.3, 0.4) is 0 Å². The van der Waals surface area contributed by atoms with E-state index < -0.39 is 5.91 Å². The van der Waals surface area contributed by atoms with Gasteiger partial charge in [-0.05, 0) is 42.1 Å². The minimum absolute atomic E-state index is 0.0355. The largest absolute Gasteiger partial charge is 0.365 e. The van der Waals surface area contributed by atoms with Gasteiger partial charge >= 0.3 is 0 Å². The number of para-hydroxylation sites is 1. The highest BCUT2D eigenvalue weighted by molar-refractivity contribution is 5.98. The molecule has 2 N–H and O–H groups in total. The van der Waals surface area contributed by atoms with Gasteiger partial charge in [0.15, 0.2) is 5.65 Å². The molecule has 192 valence electrons. The fraction of sp³-hybridized carbons (Fsp3) is 0.100. The lowest BCUT2D eigenvalue weighted by Crippen LogP contribution is -2.22. The Labute approximate surface area is 224 Å². The van der Waals surface area contributed by atoms with Crippen molar-refractivity contribution in [3.05, 3.63) is 124 Å². The Morgan fingerprint density at radius 1 is 1.00 bits per heavy atom. The molecule has 0 unspecified atom stereocenters. The van der Waals surface area contributed by atoms with Crippen LogP contribution in [-0.2, 0) is 13.5 Å². The van der Waals surface area contributed by atoms with Gasteiger partial charge in [0.1, 0.15) is 5.56 Å². The molecular weight excluding hydrogens is 490 g/mol. The van der Waals surface area contributed by atoms with Crippen LogP contribution in [0.25, 0.3) is 22.1 Å². The molecule has 2 aromatic carbocycles. The van der Waals surface area contributed by atoms with E-state index >= 15 is 0 Å². The molecule has 4 heterocycles. The van der Waals surface area contributed by atoms with E-state index in [1.165, 1.54) is 10.7 Å². The number of nitrogens with two attached hydrogens (primary N) is 1. The Morgan fingerprint density at radius 2 is 1.82 bits per heavy atom. The van der Waals surface area contributed by atoms with Crippen LogP contribution in [0, 0.1) is 11.8 Å². The molecule has 0 fully saturated rings. The van der Waals surface area contributed by atoms with E-state index in [9.17, 15) is 9.59 Å². The minimum Gasteiger partial charge on any atom is -0.365 e. The number of rotatable bonds is 3. The number of hydrogen-bond acceptors (Lipinski definition) is 5. The number of carbonyl (C=O) groups is 1. The fourth-order valence-corrected chi connectivity index (χ4v) is 4.27. The van der Waals surface area contributed by atoms with Gasteiger partial charge in [0, 0.05) is 42.6 Å². The molecule has 6 aromatic rings. The van der Waals surface area contributed by atoms with E-state index in [-0.39, 0.29) is 5.56 Å². The topological polar surface area (TPSA) is 113 Å². The van der Waals surface area contributed by atoms with Crippen molar-refractivity contribution in [2.75, 3.05) is 0 Å². The van der Waals surface area contributed by atoms with Crippen molar-refractivity contribution in [2.45, 2.75) is 13.3 Å². The number of amides is 1. The molecule has 39 heavy (non-hydrogen) atoms. The number of pyridine rings is 1. The van der Waals surface area contributed by atoms with Gasteiger partial charge in [0.25, 0.3) is 11.5 Å². The van der Waals surface area contributed by atoms with E-state index in [2.05, 4.69) is 40.0 Å². The Hall–Kier alpha value is -5.49. The van der Waals surface area contributed by atoms with Crippen molar-refractivity contribution >= 4 is 22.3 Å². The molecule has 0 aliphatic rings. The van der Waals surface area contributed by atoms with Crippen LogP contribution in [-0.4, -0.2) is 34.9 Å². The zero-order valence-corrected chi connectivity index (χ0v) is 21.4. The third-order valence-corrected chi connectivity index (χ3v) is 6.09. The number of aromatic nitrogens is 6. The summed E-state index contributed by atoms with van der Waals surface area (Å²) < 4.78 is 5.00. The van der Waals surface area contributed by atoms with E-state index in [0.717, 1.165) is 34.3 Å². The van der Waals surface area contributed by atoms with Crippen molar-refractivity contribution in [3.63, 3.8) is 0 Å². The molecule has 0 saturated carbocycles. The van der Waals surface area contributed by atoms with Gasteiger partial charge in [-0.2, -0.15) is 10.2 Å². The number of carbonyl (C=O) groups excluding carboxylic acids is 1. The fourth-order valence-electron chi connectivity index (χ4n) is 4.27. The van der Waals surface area contributed by atoms with Crippen molar-refractivity contribution in [3.8, 4) is 17.5 Å².